The van der Waals surface area contributed by atoms with Crippen molar-refractivity contribution in [1.29, 1.82) is 0 Å². The number of hydrogen-bond donors (Lipinski definition) is 2. The molecule has 1 amide bonds. The van der Waals surface area contributed by atoms with Crippen molar-refractivity contribution in [2.75, 3.05) is 12.8 Å². The van der Waals surface area contributed by atoms with Crippen molar-refractivity contribution >= 4 is 22.9 Å². The summed E-state index contributed by atoms with van der Waals surface area (Å²) in [4.78, 5) is 13.3. The molecule has 1 aromatic heterocycles. The maximum absolute atomic E-state index is 12.1. The molecule has 0 bridgehead atoms. The van der Waals surface area contributed by atoms with E-state index in [2.05, 4.69) is 5.32 Å². The number of anilines is 1. The normalized spacial score (nSPS) is 10.2. The lowest BCUT2D eigenvalue weighted by Gasteiger charge is -2.11. The molecule has 0 fully saturated rings. The first kappa shape index (κ1) is 13.4. The standard InChI is InChI=1S/C14H16N2O2S/c1-9-6-7-19-12(9)8-16-14(17)10-4-3-5-11(15)13(10)18-2/h3-7H,8,15H2,1-2H3,(H,16,17). The van der Waals surface area contributed by atoms with E-state index in [1.165, 1.54) is 12.7 Å². The number of carbonyl (C=O) groups excluding carboxylic acids is 1. The number of nitrogens with two attached hydrogens (primary N) is 1. The Balaban J connectivity index is 2.12. The SMILES string of the molecule is COc1c(N)cccc1C(=O)NCc1sccc1C. The molecule has 4 nitrogen and oxygen atoms in total. The van der Waals surface area contributed by atoms with Gasteiger partial charge in [0.25, 0.3) is 5.91 Å². The number of amides is 1. The maximum atomic E-state index is 12.1. The molecular weight excluding hydrogens is 260 g/mol. The highest BCUT2D eigenvalue weighted by molar-refractivity contribution is 7.10. The molecule has 3 N–H and O–H groups in total. The summed E-state index contributed by atoms with van der Waals surface area (Å²) in [6, 6.07) is 7.18. The van der Waals surface area contributed by atoms with Crippen LogP contribution in [0.4, 0.5) is 5.69 Å². The Morgan fingerprint density at radius 1 is 1.42 bits per heavy atom. The predicted molar refractivity (Wildman–Crippen MR) is 77.6 cm³/mol. The first-order valence-electron chi connectivity index (χ1n) is 5.87. The lowest BCUT2D eigenvalue weighted by molar-refractivity contribution is 0.0948. The van der Waals surface area contributed by atoms with E-state index in [4.69, 9.17) is 10.5 Å². The van der Waals surface area contributed by atoms with Crippen LogP contribution in [0, 0.1) is 6.92 Å². The van der Waals surface area contributed by atoms with Gasteiger partial charge in [-0.05, 0) is 36.1 Å². The molecule has 19 heavy (non-hydrogen) atoms. The summed E-state index contributed by atoms with van der Waals surface area (Å²) in [6.07, 6.45) is 0. The van der Waals surface area contributed by atoms with Gasteiger partial charge in [0.2, 0.25) is 0 Å². The summed E-state index contributed by atoms with van der Waals surface area (Å²) in [7, 11) is 1.51. The zero-order chi connectivity index (χ0) is 13.8. The van der Waals surface area contributed by atoms with Gasteiger partial charge in [-0.1, -0.05) is 6.07 Å². The molecule has 5 heteroatoms. The Morgan fingerprint density at radius 3 is 2.84 bits per heavy atom. The van der Waals surface area contributed by atoms with Gasteiger partial charge in [-0.3, -0.25) is 4.79 Å². The van der Waals surface area contributed by atoms with Gasteiger partial charge in [0.15, 0.2) is 5.75 Å². The number of methoxy groups -OCH3 is 1. The second kappa shape index (κ2) is 5.75. The van der Waals surface area contributed by atoms with E-state index in [1.54, 1.807) is 29.5 Å². The number of thiophene rings is 1. The molecule has 0 saturated carbocycles. The monoisotopic (exact) mass is 276 g/mol. The van der Waals surface area contributed by atoms with Crippen LogP contribution in [0.15, 0.2) is 29.6 Å². The molecule has 1 aromatic carbocycles. The van der Waals surface area contributed by atoms with Crippen LogP contribution in [0.1, 0.15) is 20.8 Å². The molecular formula is C14H16N2O2S. The predicted octanol–water partition coefficient (Wildman–Crippen LogP) is 2.58. The van der Waals surface area contributed by atoms with Gasteiger partial charge in [-0.15, -0.1) is 11.3 Å². The molecule has 0 unspecified atom stereocenters. The van der Waals surface area contributed by atoms with E-state index in [1.807, 2.05) is 18.4 Å². The van der Waals surface area contributed by atoms with Gasteiger partial charge in [-0.25, -0.2) is 0 Å². The number of rotatable bonds is 4. The van der Waals surface area contributed by atoms with Crippen molar-refractivity contribution in [1.82, 2.24) is 5.32 Å². The third kappa shape index (κ3) is 2.88. The van der Waals surface area contributed by atoms with Crippen LogP contribution in [-0.2, 0) is 6.54 Å². The number of nitrogen functional groups attached to an aromatic ring is 1. The third-order valence-corrected chi connectivity index (χ3v) is 3.89. The quantitative estimate of drug-likeness (QED) is 0.844. The van der Waals surface area contributed by atoms with Crippen molar-refractivity contribution in [3.63, 3.8) is 0 Å². The highest BCUT2D eigenvalue weighted by Crippen LogP contribution is 2.25. The Kier molecular flexibility index (Phi) is 4.06. The number of aryl methyl sites for hydroxylation is 1. The van der Waals surface area contributed by atoms with E-state index >= 15 is 0 Å². The fourth-order valence-corrected chi connectivity index (χ4v) is 2.65. The highest BCUT2D eigenvalue weighted by atomic mass is 32.1. The van der Waals surface area contributed by atoms with E-state index in [-0.39, 0.29) is 5.91 Å². The van der Waals surface area contributed by atoms with Gasteiger partial charge in [0.1, 0.15) is 0 Å². The van der Waals surface area contributed by atoms with Crippen LogP contribution in [0.3, 0.4) is 0 Å². The van der Waals surface area contributed by atoms with Crippen LogP contribution in [-0.4, -0.2) is 13.0 Å². The van der Waals surface area contributed by atoms with E-state index in [0.717, 1.165) is 4.88 Å². The number of hydrogen-bond acceptors (Lipinski definition) is 4. The largest absolute Gasteiger partial charge is 0.494 e. The second-order valence-corrected chi connectivity index (χ2v) is 5.14. The second-order valence-electron chi connectivity index (χ2n) is 4.14. The summed E-state index contributed by atoms with van der Waals surface area (Å²) in [5.41, 5.74) is 7.88. The van der Waals surface area contributed by atoms with Crippen molar-refractivity contribution in [2.24, 2.45) is 0 Å². The Labute approximate surface area is 116 Å². The molecule has 0 saturated heterocycles. The number of benzene rings is 1. The molecule has 100 valence electrons. The summed E-state index contributed by atoms with van der Waals surface area (Å²) < 4.78 is 5.17. The molecule has 0 aliphatic heterocycles. The van der Waals surface area contributed by atoms with Crippen LogP contribution in [0.2, 0.25) is 0 Å². The highest BCUT2D eigenvalue weighted by Gasteiger charge is 2.14. The first-order chi connectivity index (χ1) is 9.13. The summed E-state index contributed by atoms with van der Waals surface area (Å²) in [5, 5.41) is 4.89. The van der Waals surface area contributed by atoms with Gasteiger partial charge in [-0.2, -0.15) is 0 Å². The van der Waals surface area contributed by atoms with Gasteiger partial charge in [0.05, 0.1) is 24.9 Å². The van der Waals surface area contributed by atoms with Crippen LogP contribution in [0.5, 0.6) is 5.75 Å². The smallest absolute Gasteiger partial charge is 0.255 e. The van der Waals surface area contributed by atoms with Gasteiger partial charge in [0, 0.05) is 4.88 Å². The molecule has 0 atom stereocenters. The number of carbonyl (C=O) groups is 1. The van der Waals surface area contributed by atoms with Crippen molar-refractivity contribution in [3.05, 3.63) is 45.6 Å². The minimum atomic E-state index is -0.183. The topological polar surface area (TPSA) is 64.3 Å². The Morgan fingerprint density at radius 2 is 2.21 bits per heavy atom. The number of nitrogens with one attached hydrogen (secondary N) is 1. The van der Waals surface area contributed by atoms with E-state index in [0.29, 0.717) is 23.5 Å². The molecule has 2 aromatic rings. The maximum Gasteiger partial charge on any atom is 0.255 e. The minimum Gasteiger partial charge on any atom is -0.494 e. The number of ether oxygens (including phenoxy) is 1. The fourth-order valence-electron chi connectivity index (χ4n) is 1.80. The molecule has 1 heterocycles. The van der Waals surface area contributed by atoms with Crippen molar-refractivity contribution < 1.29 is 9.53 Å². The molecule has 0 radical (unpaired) electrons. The fraction of sp³-hybridized carbons (Fsp3) is 0.214. The lowest BCUT2D eigenvalue weighted by atomic mass is 10.1. The average molecular weight is 276 g/mol. The molecule has 0 aliphatic carbocycles. The lowest BCUT2D eigenvalue weighted by Crippen LogP contribution is -2.23. The summed E-state index contributed by atoms with van der Waals surface area (Å²) in [5.74, 6) is 0.236. The van der Waals surface area contributed by atoms with Gasteiger partial charge >= 0.3 is 0 Å². The van der Waals surface area contributed by atoms with Crippen molar-refractivity contribution in [3.8, 4) is 5.75 Å². The van der Waals surface area contributed by atoms with Crippen LogP contribution < -0.4 is 15.8 Å². The van der Waals surface area contributed by atoms with E-state index in [9.17, 15) is 4.79 Å². The Bertz CT molecular complexity index is 593. The molecule has 2 rings (SSSR count). The number of para-hydroxylation sites is 1. The van der Waals surface area contributed by atoms with Crippen LogP contribution in [0.25, 0.3) is 0 Å². The summed E-state index contributed by atoms with van der Waals surface area (Å²) in [6.45, 7) is 2.54. The minimum absolute atomic E-state index is 0.183. The van der Waals surface area contributed by atoms with E-state index < -0.39 is 0 Å². The van der Waals surface area contributed by atoms with Crippen LogP contribution >= 0.6 is 11.3 Å². The molecule has 0 spiro atoms. The first-order valence-corrected chi connectivity index (χ1v) is 6.75. The average Bonchev–Trinajstić information content (AvgIpc) is 2.81. The zero-order valence-electron chi connectivity index (χ0n) is 10.9. The van der Waals surface area contributed by atoms with Gasteiger partial charge < -0.3 is 15.8 Å². The molecule has 0 aliphatic rings. The zero-order valence-corrected chi connectivity index (χ0v) is 11.7. The van der Waals surface area contributed by atoms with Crippen molar-refractivity contribution in [2.45, 2.75) is 13.5 Å². The third-order valence-electron chi connectivity index (χ3n) is 2.87. The summed E-state index contributed by atoms with van der Waals surface area (Å²) >= 11 is 1.63. The Hall–Kier alpha value is -2.01.